The molecule has 0 spiro atoms. The summed E-state index contributed by atoms with van der Waals surface area (Å²) < 4.78 is 0. The first kappa shape index (κ1) is 29.7. The predicted octanol–water partition coefficient (Wildman–Crippen LogP) is 9.25. The van der Waals surface area contributed by atoms with Gasteiger partial charge in [0.1, 0.15) is 0 Å². The molecule has 0 heterocycles. The molecule has 0 aromatic heterocycles. The van der Waals surface area contributed by atoms with Gasteiger partial charge in [-0.1, -0.05) is 56.7 Å². The maximum atomic E-state index is 3.72. The minimum Gasteiger partial charge on any atom is -0.269 e. The molecule has 2 aliphatic rings. The van der Waals surface area contributed by atoms with E-state index in [-0.39, 0.29) is 26.2 Å². The Hall–Kier alpha value is -2.37. The summed E-state index contributed by atoms with van der Waals surface area (Å²) in [4.78, 5) is 0. The Balaban J connectivity index is 0.000000233. The van der Waals surface area contributed by atoms with Crippen molar-refractivity contribution in [3.63, 3.8) is 0 Å². The Morgan fingerprint density at radius 2 is 1.03 bits per heavy atom. The molecule has 5 rings (SSSR count). The molecule has 174 valence electrons. The van der Waals surface area contributed by atoms with Crippen LogP contribution in [0.15, 0.2) is 109 Å². The van der Waals surface area contributed by atoms with Crippen molar-refractivity contribution in [2.24, 2.45) is 5.92 Å². The summed E-state index contributed by atoms with van der Waals surface area (Å²) in [6, 6.07) is 29.6. The molecule has 0 N–H and O–H groups in total. The van der Waals surface area contributed by atoms with Gasteiger partial charge in [0.2, 0.25) is 0 Å². The standard InChI is InChI=1S/C12H17.3C7H7.Zr/c1-2-6-11(7-3-1)10-12-8-4-5-9-12;3*1-7-5-3-2-4-6-7;/h4,8,11H,1-3,5-7,10H2;3*2-6H,1H2;/q4*-1;+4. The zero-order valence-electron chi connectivity index (χ0n) is 20.5. The molecule has 0 amide bonds. The largest absolute Gasteiger partial charge is 4.00 e. The summed E-state index contributed by atoms with van der Waals surface area (Å²) in [6.07, 6.45) is 17.6. The van der Waals surface area contributed by atoms with Gasteiger partial charge in [0.15, 0.2) is 0 Å². The first-order chi connectivity index (χ1) is 16.1. The van der Waals surface area contributed by atoms with Crippen molar-refractivity contribution in [3.8, 4) is 0 Å². The van der Waals surface area contributed by atoms with Crippen molar-refractivity contribution in [1.29, 1.82) is 0 Å². The van der Waals surface area contributed by atoms with Gasteiger partial charge in [-0.3, -0.25) is 6.08 Å². The molecule has 0 nitrogen and oxygen atoms in total. The second kappa shape index (κ2) is 19.0. The van der Waals surface area contributed by atoms with E-state index in [0.717, 1.165) is 29.0 Å². The van der Waals surface area contributed by atoms with E-state index in [1.165, 1.54) is 44.1 Å². The first-order valence-corrected chi connectivity index (χ1v) is 12.0. The van der Waals surface area contributed by atoms with Gasteiger partial charge in [0, 0.05) is 0 Å². The number of rotatable bonds is 2. The third-order valence-corrected chi connectivity index (χ3v) is 5.53. The van der Waals surface area contributed by atoms with E-state index < -0.39 is 0 Å². The average Bonchev–Trinajstić information content (AvgIpc) is 3.36. The fraction of sp³-hybridized carbons (Fsp3) is 0.242. The Bertz CT molecular complexity index is 815. The van der Waals surface area contributed by atoms with Crippen molar-refractivity contribution in [1.82, 2.24) is 0 Å². The molecule has 0 saturated heterocycles. The van der Waals surface area contributed by atoms with Gasteiger partial charge in [-0.15, -0.1) is 42.8 Å². The van der Waals surface area contributed by atoms with Crippen LogP contribution in [0.25, 0.3) is 0 Å². The van der Waals surface area contributed by atoms with Crippen LogP contribution in [0.5, 0.6) is 0 Å². The molecule has 1 heteroatoms. The zero-order chi connectivity index (χ0) is 23.6. The van der Waals surface area contributed by atoms with Crippen LogP contribution in [0, 0.1) is 32.8 Å². The maximum absolute atomic E-state index is 3.72. The maximum Gasteiger partial charge on any atom is 4.00 e. The number of hydrogen-bond acceptors (Lipinski definition) is 0. The summed E-state index contributed by atoms with van der Waals surface area (Å²) in [5.41, 5.74) is 4.69. The van der Waals surface area contributed by atoms with Crippen LogP contribution in [-0.2, 0) is 26.2 Å². The van der Waals surface area contributed by atoms with Crippen LogP contribution in [0.2, 0.25) is 0 Å². The monoisotopic (exact) mass is 524 g/mol. The van der Waals surface area contributed by atoms with E-state index in [1.807, 2.05) is 91.0 Å². The summed E-state index contributed by atoms with van der Waals surface area (Å²) in [6.45, 7) is 11.2. The minimum absolute atomic E-state index is 0. The quantitative estimate of drug-likeness (QED) is 0.292. The predicted molar refractivity (Wildman–Crippen MR) is 144 cm³/mol. The smallest absolute Gasteiger partial charge is 0.269 e. The van der Waals surface area contributed by atoms with E-state index in [4.69, 9.17) is 0 Å². The van der Waals surface area contributed by atoms with Gasteiger partial charge in [-0.05, 0) is 5.92 Å². The molecule has 34 heavy (non-hydrogen) atoms. The Kier molecular flexibility index (Phi) is 16.6. The van der Waals surface area contributed by atoms with E-state index in [2.05, 4.69) is 39.0 Å². The topological polar surface area (TPSA) is 0 Å². The van der Waals surface area contributed by atoms with Gasteiger partial charge in [0.25, 0.3) is 0 Å². The molecule has 1 saturated carbocycles. The average molecular weight is 526 g/mol. The SMILES string of the molecule is [C-]1=C(CC2CCCCC2)C=CC1.[CH2-]c1ccccc1.[CH2-]c1ccccc1.[CH2-]c1ccccc1.[Zr+4]. The molecule has 0 radical (unpaired) electrons. The number of hydrogen-bond donors (Lipinski definition) is 0. The van der Waals surface area contributed by atoms with Crippen LogP contribution in [0.4, 0.5) is 0 Å². The Morgan fingerprint density at radius 3 is 1.32 bits per heavy atom. The van der Waals surface area contributed by atoms with Crippen LogP contribution in [0.1, 0.15) is 61.6 Å². The van der Waals surface area contributed by atoms with Crippen molar-refractivity contribution < 1.29 is 26.2 Å². The minimum atomic E-state index is 0. The zero-order valence-corrected chi connectivity index (χ0v) is 22.9. The second-order valence-electron chi connectivity index (χ2n) is 8.47. The van der Waals surface area contributed by atoms with Crippen LogP contribution < -0.4 is 0 Å². The van der Waals surface area contributed by atoms with Crippen LogP contribution >= 0.6 is 0 Å². The van der Waals surface area contributed by atoms with Gasteiger partial charge in [-0.2, -0.15) is 79.9 Å². The molecular formula is C33H38Zr. The molecule has 2 aliphatic carbocycles. The second-order valence-corrected chi connectivity index (χ2v) is 8.47. The third kappa shape index (κ3) is 14.7. The molecular weight excluding hydrogens is 488 g/mol. The summed E-state index contributed by atoms with van der Waals surface area (Å²) >= 11 is 0. The van der Waals surface area contributed by atoms with Crippen molar-refractivity contribution in [3.05, 3.63) is 152 Å². The van der Waals surface area contributed by atoms with E-state index in [1.54, 1.807) is 0 Å². The van der Waals surface area contributed by atoms with Gasteiger partial charge in [0.05, 0.1) is 0 Å². The first-order valence-electron chi connectivity index (χ1n) is 12.0. The molecule has 0 unspecified atom stereocenters. The van der Waals surface area contributed by atoms with Crippen LogP contribution in [-0.4, -0.2) is 0 Å². The summed E-state index contributed by atoms with van der Waals surface area (Å²) in [5.74, 6) is 0.976. The number of benzene rings is 3. The molecule has 0 bridgehead atoms. The van der Waals surface area contributed by atoms with E-state index in [0.29, 0.717) is 0 Å². The molecule has 3 aromatic carbocycles. The summed E-state index contributed by atoms with van der Waals surface area (Å²) in [7, 11) is 0. The molecule has 0 aliphatic heterocycles. The fourth-order valence-corrected chi connectivity index (χ4v) is 3.73. The van der Waals surface area contributed by atoms with E-state index in [9.17, 15) is 0 Å². The Morgan fingerprint density at radius 1 is 0.618 bits per heavy atom. The normalized spacial score (nSPS) is 13.9. The van der Waals surface area contributed by atoms with Gasteiger partial charge >= 0.3 is 26.2 Å². The third-order valence-electron chi connectivity index (χ3n) is 5.53. The number of allylic oxidation sites excluding steroid dienone is 4. The molecule has 1 fully saturated rings. The van der Waals surface area contributed by atoms with E-state index >= 15 is 0 Å². The van der Waals surface area contributed by atoms with Gasteiger partial charge in [-0.25, -0.2) is 11.6 Å². The van der Waals surface area contributed by atoms with Crippen molar-refractivity contribution in [2.75, 3.05) is 0 Å². The van der Waals surface area contributed by atoms with Crippen molar-refractivity contribution >= 4 is 0 Å². The fourth-order valence-electron chi connectivity index (χ4n) is 3.73. The summed E-state index contributed by atoms with van der Waals surface area (Å²) in [5, 5.41) is 0. The Labute approximate surface area is 228 Å². The molecule has 3 aromatic rings. The van der Waals surface area contributed by atoms with Crippen molar-refractivity contribution in [2.45, 2.75) is 44.9 Å². The van der Waals surface area contributed by atoms with Crippen LogP contribution in [0.3, 0.4) is 0 Å². The van der Waals surface area contributed by atoms with Gasteiger partial charge < -0.3 is 0 Å². The molecule has 0 atom stereocenters.